The number of nitrogens with zero attached hydrogens (tertiary/aromatic N) is 6. The monoisotopic (exact) mass is 276 g/mol. The molecule has 0 aliphatic rings. The Hall–Kier alpha value is -2.25. The highest BCUT2D eigenvalue weighted by Crippen LogP contribution is 2.16. The molecule has 2 heterocycles. The second-order valence-electron chi connectivity index (χ2n) is 4.67. The van der Waals surface area contributed by atoms with Gasteiger partial charge in [0.1, 0.15) is 12.7 Å². The highest BCUT2D eigenvalue weighted by atomic mass is 15.4. The quantitative estimate of drug-likeness (QED) is 0.818. The van der Waals surface area contributed by atoms with Gasteiger partial charge in [0, 0.05) is 6.04 Å². The summed E-state index contributed by atoms with van der Waals surface area (Å²) in [5.41, 5.74) is 5.72. The van der Waals surface area contributed by atoms with Gasteiger partial charge in [0.25, 0.3) is 5.95 Å². The Morgan fingerprint density at radius 1 is 1.25 bits per heavy atom. The summed E-state index contributed by atoms with van der Waals surface area (Å²) in [6, 6.07) is 0.260. The number of nitrogens with one attached hydrogen (secondary N) is 1. The van der Waals surface area contributed by atoms with Crippen molar-refractivity contribution in [3.05, 3.63) is 12.7 Å². The summed E-state index contributed by atoms with van der Waals surface area (Å²) in [5, 5.41) is 7.27. The second-order valence-corrected chi connectivity index (χ2v) is 4.67. The first-order valence-corrected chi connectivity index (χ1v) is 6.77. The summed E-state index contributed by atoms with van der Waals surface area (Å²) < 4.78 is 1.45. The zero-order valence-corrected chi connectivity index (χ0v) is 12.0. The van der Waals surface area contributed by atoms with Crippen LogP contribution >= 0.6 is 0 Å². The van der Waals surface area contributed by atoms with Gasteiger partial charge in [0.15, 0.2) is 0 Å². The van der Waals surface area contributed by atoms with E-state index in [-0.39, 0.29) is 12.0 Å². The van der Waals surface area contributed by atoms with Gasteiger partial charge in [0.05, 0.1) is 0 Å². The maximum Gasteiger partial charge on any atom is 0.258 e. The lowest BCUT2D eigenvalue weighted by Crippen LogP contribution is -2.26. The summed E-state index contributed by atoms with van der Waals surface area (Å²) in [6.45, 7) is 6.47. The molecule has 8 heteroatoms. The number of aromatic nitrogens is 6. The molecule has 2 rings (SSSR count). The van der Waals surface area contributed by atoms with Crippen molar-refractivity contribution in [3.8, 4) is 5.95 Å². The average molecular weight is 276 g/mol. The van der Waals surface area contributed by atoms with Crippen molar-refractivity contribution in [2.75, 3.05) is 11.1 Å². The Bertz CT molecular complexity index is 534. The van der Waals surface area contributed by atoms with Crippen molar-refractivity contribution in [1.82, 2.24) is 29.7 Å². The molecule has 1 atom stereocenters. The fourth-order valence-electron chi connectivity index (χ4n) is 2.18. The lowest BCUT2D eigenvalue weighted by Gasteiger charge is -2.22. The molecule has 0 bridgehead atoms. The van der Waals surface area contributed by atoms with Crippen LogP contribution < -0.4 is 11.1 Å². The molecule has 8 nitrogen and oxygen atoms in total. The number of rotatable bonds is 6. The molecule has 0 aliphatic carbocycles. The van der Waals surface area contributed by atoms with E-state index in [4.69, 9.17) is 5.73 Å². The normalized spacial score (nSPS) is 12.6. The van der Waals surface area contributed by atoms with E-state index >= 15 is 0 Å². The predicted octanol–water partition coefficient (Wildman–Crippen LogP) is 1.27. The highest BCUT2D eigenvalue weighted by Gasteiger charge is 2.15. The first-order chi connectivity index (χ1) is 9.63. The second kappa shape index (κ2) is 6.27. The van der Waals surface area contributed by atoms with Crippen molar-refractivity contribution in [2.24, 2.45) is 5.92 Å². The van der Waals surface area contributed by atoms with E-state index in [0.717, 1.165) is 12.8 Å². The Balaban J connectivity index is 2.20. The third kappa shape index (κ3) is 3.19. The Labute approximate surface area is 117 Å². The van der Waals surface area contributed by atoms with E-state index < -0.39 is 0 Å². The third-order valence-corrected chi connectivity index (χ3v) is 3.38. The van der Waals surface area contributed by atoms with E-state index in [1.165, 1.54) is 17.3 Å². The van der Waals surface area contributed by atoms with Gasteiger partial charge in [-0.15, -0.1) is 0 Å². The summed E-state index contributed by atoms with van der Waals surface area (Å²) in [5.74, 6) is 1.53. The van der Waals surface area contributed by atoms with Crippen molar-refractivity contribution < 1.29 is 0 Å². The van der Waals surface area contributed by atoms with E-state index in [0.29, 0.717) is 17.8 Å². The predicted molar refractivity (Wildman–Crippen MR) is 76.3 cm³/mol. The van der Waals surface area contributed by atoms with Crippen LogP contribution in [-0.2, 0) is 0 Å². The van der Waals surface area contributed by atoms with Gasteiger partial charge in [-0.25, -0.2) is 4.98 Å². The molecule has 2 aromatic rings. The van der Waals surface area contributed by atoms with Gasteiger partial charge in [-0.3, -0.25) is 0 Å². The molecule has 0 saturated carbocycles. The molecule has 0 aliphatic heterocycles. The van der Waals surface area contributed by atoms with Crippen molar-refractivity contribution in [3.63, 3.8) is 0 Å². The Kier molecular flexibility index (Phi) is 4.44. The lowest BCUT2D eigenvalue weighted by atomic mass is 9.96. The largest absolute Gasteiger partial charge is 0.368 e. The van der Waals surface area contributed by atoms with Crippen molar-refractivity contribution in [2.45, 2.75) is 39.7 Å². The first-order valence-electron chi connectivity index (χ1n) is 6.77. The molecule has 0 radical (unpaired) electrons. The van der Waals surface area contributed by atoms with Crippen LogP contribution in [0.25, 0.3) is 5.95 Å². The van der Waals surface area contributed by atoms with Crippen LogP contribution in [0, 0.1) is 5.92 Å². The molecule has 0 amide bonds. The van der Waals surface area contributed by atoms with Gasteiger partial charge >= 0.3 is 0 Å². The van der Waals surface area contributed by atoms with Gasteiger partial charge in [0.2, 0.25) is 11.9 Å². The fourth-order valence-corrected chi connectivity index (χ4v) is 2.18. The van der Waals surface area contributed by atoms with Crippen LogP contribution in [0.5, 0.6) is 0 Å². The average Bonchev–Trinajstić information content (AvgIpc) is 2.93. The zero-order chi connectivity index (χ0) is 14.5. The molecule has 0 saturated heterocycles. The fraction of sp³-hybridized carbons (Fsp3) is 0.583. The van der Waals surface area contributed by atoms with E-state index in [1.807, 2.05) is 0 Å². The maximum absolute atomic E-state index is 5.72. The maximum atomic E-state index is 5.72. The van der Waals surface area contributed by atoms with Gasteiger partial charge in [-0.2, -0.15) is 24.7 Å². The molecule has 0 spiro atoms. The van der Waals surface area contributed by atoms with Crippen LogP contribution in [0.1, 0.15) is 33.6 Å². The minimum Gasteiger partial charge on any atom is -0.368 e. The smallest absolute Gasteiger partial charge is 0.258 e. The molecule has 20 heavy (non-hydrogen) atoms. The molecule has 3 N–H and O–H groups in total. The standard InChI is InChI=1S/C12H20N8/c1-4-9(5-2)8(3)16-11-17-10(13)18-12(19-11)20-7-14-6-15-20/h6-9H,4-5H2,1-3H3,(H3,13,16,17,18,19). The van der Waals surface area contributed by atoms with Crippen LogP contribution in [0.4, 0.5) is 11.9 Å². The number of hydrogen-bond donors (Lipinski definition) is 2. The molecule has 0 aromatic carbocycles. The topological polar surface area (TPSA) is 107 Å². The van der Waals surface area contributed by atoms with Crippen LogP contribution in [0.3, 0.4) is 0 Å². The summed E-state index contributed by atoms with van der Waals surface area (Å²) in [7, 11) is 0. The van der Waals surface area contributed by atoms with Crippen LogP contribution in [-0.4, -0.2) is 35.8 Å². The lowest BCUT2D eigenvalue weighted by molar-refractivity contribution is 0.436. The number of hydrogen-bond acceptors (Lipinski definition) is 7. The van der Waals surface area contributed by atoms with Crippen LogP contribution in [0.2, 0.25) is 0 Å². The van der Waals surface area contributed by atoms with Crippen molar-refractivity contribution >= 4 is 11.9 Å². The van der Waals surface area contributed by atoms with Crippen LogP contribution in [0.15, 0.2) is 12.7 Å². The number of nitrogen functional groups attached to an aromatic ring is 1. The van der Waals surface area contributed by atoms with E-state index in [2.05, 4.69) is 51.1 Å². The summed E-state index contributed by atoms with van der Waals surface area (Å²) in [6.07, 6.45) is 5.13. The molecular weight excluding hydrogens is 256 g/mol. The third-order valence-electron chi connectivity index (χ3n) is 3.38. The zero-order valence-electron chi connectivity index (χ0n) is 12.0. The SMILES string of the molecule is CCC(CC)C(C)Nc1nc(N)nc(-n2cncn2)n1. The molecule has 2 aromatic heterocycles. The molecular formula is C12H20N8. The van der Waals surface area contributed by atoms with E-state index in [9.17, 15) is 0 Å². The summed E-state index contributed by atoms with van der Waals surface area (Å²) in [4.78, 5) is 16.3. The molecule has 1 unspecified atom stereocenters. The minimum atomic E-state index is 0.157. The Morgan fingerprint density at radius 2 is 2.00 bits per heavy atom. The number of anilines is 2. The van der Waals surface area contributed by atoms with Crippen molar-refractivity contribution in [1.29, 1.82) is 0 Å². The number of nitrogens with two attached hydrogens (primary N) is 1. The van der Waals surface area contributed by atoms with Gasteiger partial charge in [-0.05, 0) is 12.8 Å². The van der Waals surface area contributed by atoms with E-state index in [1.54, 1.807) is 0 Å². The van der Waals surface area contributed by atoms with Gasteiger partial charge in [-0.1, -0.05) is 26.7 Å². The molecule has 108 valence electrons. The first kappa shape index (κ1) is 14.2. The molecule has 0 fully saturated rings. The van der Waals surface area contributed by atoms with Gasteiger partial charge < -0.3 is 11.1 Å². The highest BCUT2D eigenvalue weighted by molar-refractivity contribution is 5.35. The summed E-state index contributed by atoms with van der Waals surface area (Å²) >= 11 is 0. The Morgan fingerprint density at radius 3 is 2.60 bits per heavy atom. The minimum absolute atomic E-state index is 0.157.